The van der Waals surface area contributed by atoms with Crippen molar-refractivity contribution in [3.8, 4) is 0 Å². The molecule has 144 valence electrons. The number of benzene rings is 1. The summed E-state index contributed by atoms with van der Waals surface area (Å²) in [5, 5.41) is 0. The quantitative estimate of drug-likeness (QED) is 0.837. The molecule has 27 heavy (non-hydrogen) atoms. The number of amides is 2. The second-order valence-electron chi connectivity index (χ2n) is 7.73. The van der Waals surface area contributed by atoms with E-state index in [0.29, 0.717) is 5.92 Å². The molecule has 2 aromatic rings. The van der Waals surface area contributed by atoms with Crippen molar-refractivity contribution < 1.29 is 4.79 Å². The number of urea groups is 1. The summed E-state index contributed by atoms with van der Waals surface area (Å²) in [6.45, 7) is 6.14. The molecule has 2 aliphatic rings. The van der Waals surface area contributed by atoms with Crippen molar-refractivity contribution in [1.82, 2.24) is 24.3 Å². The van der Waals surface area contributed by atoms with Crippen molar-refractivity contribution in [2.75, 3.05) is 46.3 Å². The van der Waals surface area contributed by atoms with Gasteiger partial charge in [0.05, 0.1) is 0 Å². The molecule has 3 heterocycles. The molecular formula is C21H29N5O. The molecule has 0 atom stereocenters. The summed E-state index contributed by atoms with van der Waals surface area (Å²) in [7, 11) is 2.12. The lowest BCUT2D eigenvalue weighted by atomic mass is 9.96. The number of aromatic nitrogens is 2. The highest BCUT2D eigenvalue weighted by Crippen LogP contribution is 2.28. The SMILES string of the molecule is CN1CCN(C(=O)N2CCC(c3nccn3Cc3ccccc3)CC2)CC1. The van der Waals surface area contributed by atoms with Gasteiger partial charge in [0.1, 0.15) is 5.82 Å². The Morgan fingerprint density at radius 3 is 2.37 bits per heavy atom. The molecule has 0 unspecified atom stereocenters. The van der Waals surface area contributed by atoms with Gasteiger partial charge in [-0.2, -0.15) is 0 Å². The van der Waals surface area contributed by atoms with Crippen LogP contribution in [0.2, 0.25) is 0 Å². The predicted molar refractivity (Wildman–Crippen MR) is 106 cm³/mol. The molecule has 6 heteroatoms. The first-order valence-electron chi connectivity index (χ1n) is 9.98. The fourth-order valence-electron chi connectivity index (χ4n) is 4.12. The van der Waals surface area contributed by atoms with Crippen molar-refractivity contribution in [1.29, 1.82) is 0 Å². The second kappa shape index (κ2) is 8.13. The molecule has 6 nitrogen and oxygen atoms in total. The molecule has 2 amide bonds. The number of imidazole rings is 1. The van der Waals surface area contributed by atoms with Gasteiger partial charge in [0, 0.05) is 64.1 Å². The van der Waals surface area contributed by atoms with Crippen LogP contribution in [0.25, 0.3) is 0 Å². The van der Waals surface area contributed by atoms with E-state index in [2.05, 4.69) is 52.0 Å². The Bertz CT molecular complexity index is 743. The van der Waals surface area contributed by atoms with Gasteiger partial charge in [-0.25, -0.2) is 9.78 Å². The number of piperidine rings is 1. The Morgan fingerprint density at radius 1 is 1.00 bits per heavy atom. The minimum Gasteiger partial charge on any atom is -0.330 e. The maximum Gasteiger partial charge on any atom is 0.320 e. The van der Waals surface area contributed by atoms with Crippen LogP contribution in [-0.4, -0.2) is 76.6 Å². The van der Waals surface area contributed by atoms with Crippen molar-refractivity contribution in [3.05, 3.63) is 54.1 Å². The van der Waals surface area contributed by atoms with E-state index in [0.717, 1.165) is 64.5 Å². The zero-order valence-corrected chi connectivity index (χ0v) is 16.1. The van der Waals surface area contributed by atoms with Crippen LogP contribution in [0.5, 0.6) is 0 Å². The highest BCUT2D eigenvalue weighted by atomic mass is 16.2. The molecule has 2 aliphatic heterocycles. The summed E-state index contributed by atoms with van der Waals surface area (Å²) in [6.07, 6.45) is 5.96. The Hall–Kier alpha value is -2.34. The molecule has 0 spiro atoms. The highest BCUT2D eigenvalue weighted by molar-refractivity contribution is 5.74. The van der Waals surface area contributed by atoms with E-state index >= 15 is 0 Å². The van der Waals surface area contributed by atoms with Crippen molar-refractivity contribution >= 4 is 6.03 Å². The predicted octanol–water partition coefficient (Wildman–Crippen LogP) is 2.48. The molecule has 0 aliphatic carbocycles. The Morgan fingerprint density at radius 2 is 1.67 bits per heavy atom. The summed E-state index contributed by atoms with van der Waals surface area (Å²) in [5.74, 6) is 1.59. The third-order valence-corrected chi connectivity index (χ3v) is 5.85. The maximum atomic E-state index is 12.8. The molecule has 2 fully saturated rings. The van der Waals surface area contributed by atoms with E-state index in [-0.39, 0.29) is 6.03 Å². The molecule has 4 rings (SSSR count). The summed E-state index contributed by atoms with van der Waals surface area (Å²) >= 11 is 0. The normalized spacial score (nSPS) is 19.4. The van der Waals surface area contributed by atoms with E-state index in [4.69, 9.17) is 0 Å². The smallest absolute Gasteiger partial charge is 0.320 e. The van der Waals surface area contributed by atoms with Gasteiger partial charge >= 0.3 is 6.03 Å². The fraction of sp³-hybridized carbons (Fsp3) is 0.524. The van der Waals surface area contributed by atoms with Crippen LogP contribution in [0.1, 0.15) is 30.1 Å². The monoisotopic (exact) mass is 367 g/mol. The lowest BCUT2D eigenvalue weighted by Gasteiger charge is -2.38. The van der Waals surface area contributed by atoms with E-state index in [1.807, 2.05) is 22.1 Å². The third-order valence-electron chi connectivity index (χ3n) is 5.85. The summed E-state index contributed by atoms with van der Waals surface area (Å²) in [5.41, 5.74) is 1.29. The number of carbonyl (C=O) groups is 1. The number of likely N-dealkylation sites (N-methyl/N-ethyl adjacent to an activating group) is 1. The molecule has 0 radical (unpaired) electrons. The van der Waals surface area contributed by atoms with Crippen molar-refractivity contribution in [3.63, 3.8) is 0 Å². The standard InChI is InChI=1S/C21H29N5O/c1-23-13-15-25(16-14-23)21(27)24-10-7-19(8-11-24)20-22-9-12-26(20)17-18-5-3-2-4-6-18/h2-6,9,12,19H,7-8,10-11,13-17H2,1H3. The van der Waals surface area contributed by atoms with Crippen molar-refractivity contribution in [2.45, 2.75) is 25.3 Å². The number of likely N-dealkylation sites (tertiary alicyclic amines) is 1. The van der Waals surface area contributed by atoms with E-state index in [1.54, 1.807) is 0 Å². The van der Waals surface area contributed by atoms with Crippen LogP contribution in [0.15, 0.2) is 42.7 Å². The third kappa shape index (κ3) is 4.16. The number of nitrogens with zero attached hydrogens (tertiary/aromatic N) is 5. The molecule has 1 aromatic carbocycles. The molecule has 0 N–H and O–H groups in total. The zero-order chi connectivity index (χ0) is 18.6. The van der Waals surface area contributed by atoms with E-state index in [9.17, 15) is 4.79 Å². The Kier molecular flexibility index (Phi) is 5.43. The molecule has 1 aromatic heterocycles. The minimum absolute atomic E-state index is 0.217. The molecule has 2 saturated heterocycles. The van der Waals surface area contributed by atoms with Crippen LogP contribution >= 0.6 is 0 Å². The van der Waals surface area contributed by atoms with Gasteiger partial charge in [0.2, 0.25) is 0 Å². The summed E-state index contributed by atoms with van der Waals surface area (Å²) in [4.78, 5) is 23.7. The van der Waals surface area contributed by atoms with E-state index in [1.165, 1.54) is 5.56 Å². The van der Waals surface area contributed by atoms with Crippen LogP contribution in [-0.2, 0) is 6.54 Å². The number of hydrogen-bond donors (Lipinski definition) is 0. The first kappa shape index (κ1) is 18.0. The van der Waals surface area contributed by atoms with Crippen LogP contribution in [0, 0.1) is 0 Å². The first-order chi connectivity index (χ1) is 13.2. The van der Waals surface area contributed by atoms with Gasteiger partial charge in [0.25, 0.3) is 0 Å². The molecular weight excluding hydrogens is 338 g/mol. The summed E-state index contributed by atoms with van der Waals surface area (Å²) in [6, 6.07) is 10.7. The topological polar surface area (TPSA) is 44.6 Å². The maximum absolute atomic E-state index is 12.8. The number of rotatable bonds is 3. The lowest BCUT2D eigenvalue weighted by Crippen LogP contribution is -2.53. The van der Waals surface area contributed by atoms with Gasteiger partial charge in [-0.1, -0.05) is 30.3 Å². The van der Waals surface area contributed by atoms with Crippen molar-refractivity contribution in [2.24, 2.45) is 0 Å². The Balaban J connectivity index is 1.34. The average molecular weight is 367 g/mol. The number of piperazine rings is 1. The van der Waals surface area contributed by atoms with Gasteiger partial charge in [-0.15, -0.1) is 0 Å². The minimum atomic E-state index is 0.217. The van der Waals surface area contributed by atoms with Gasteiger partial charge in [-0.3, -0.25) is 0 Å². The highest BCUT2D eigenvalue weighted by Gasteiger charge is 2.29. The number of hydrogen-bond acceptors (Lipinski definition) is 3. The Labute approximate surface area is 161 Å². The zero-order valence-electron chi connectivity index (χ0n) is 16.1. The average Bonchev–Trinajstić information content (AvgIpc) is 3.17. The first-order valence-corrected chi connectivity index (χ1v) is 9.98. The molecule has 0 bridgehead atoms. The van der Waals surface area contributed by atoms with Gasteiger partial charge in [0.15, 0.2) is 0 Å². The molecule has 0 saturated carbocycles. The second-order valence-corrected chi connectivity index (χ2v) is 7.73. The summed E-state index contributed by atoms with van der Waals surface area (Å²) < 4.78 is 2.26. The van der Waals surface area contributed by atoms with Crippen LogP contribution in [0.3, 0.4) is 0 Å². The van der Waals surface area contributed by atoms with Gasteiger partial charge in [-0.05, 0) is 25.5 Å². The fourth-order valence-corrected chi connectivity index (χ4v) is 4.12. The lowest BCUT2D eigenvalue weighted by molar-refractivity contribution is 0.113. The largest absolute Gasteiger partial charge is 0.330 e. The number of carbonyl (C=O) groups excluding carboxylic acids is 1. The van der Waals surface area contributed by atoms with Crippen LogP contribution < -0.4 is 0 Å². The van der Waals surface area contributed by atoms with Gasteiger partial charge < -0.3 is 19.3 Å². The van der Waals surface area contributed by atoms with E-state index < -0.39 is 0 Å². The van der Waals surface area contributed by atoms with Crippen LogP contribution in [0.4, 0.5) is 4.79 Å².